The molecule has 0 bridgehead atoms. The Morgan fingerprint density at radius 1 is 1.42 bits per heavy atom. The average Bonchev–Trinajstić information content (AvgIpc) is 2.89. The number of hydrogen-bond donors (Lipinski definition) is 2. The number of ether oxygens (including phenoxy) is 1. The quantitative estimate of drug-likeness (QED) is 0.802. The van der Waals surface area contributed by atoms with E-state index in [0.717, 1.165) is 5.69 Å². The lowest BCUT2D eigenvalue weighted by atomic mass is 10.2. The first-order valence-corrected chi connectivity index (χ1v) is 7.32. The van der Waals surface area contributed by atoms with Crippen molar-refractivity contribution in [2.75, 3.05) is 11.9 Å². The topological polar surface area (TPSA) is 99.2 Å². The highest BCUT2D eigenvalue weighted by Gasteiger charge is 2.16. The molecule has 1 aromatic carbocycles. The summed E-state index contributed by atoms with van der Waals surface area (Å²) in [6, 6.07) is 6.54. The van der Waals surface area contributed by atoms with Gasteiger partial charge in [-0.3, -0.25) is 4.79 Å². The number of rotatable bonds is 5. The second-order valence-electron chi connectivity index (χ2n) is 5.10. The maximum absolute atomic E-state index is 11.9. The lowest BCUT2D eigenvalue weighted by Crippen LogP contribution is -2.32. The second-order valence-corrected chi connectivity index (χ2v) is 5.10. The first-order chi connectivity index (χ1) is 10.9. The van der Waals surface area contributed by atoms with E-state index in [1.807, 2.05) is 6.07 Å². The molecule has 24 heavy (non-hydrogen) atoms. The van der Waals surface area contributed by atoms with E-state index < -0.39 is 12.0 Å². The summed E-state index contributed by atoms with van der Waals surface area (Å²) in [5.41, 5.74) is 7.95. The highest BCUT2D eigenvalue weighted by molar-refractivity contribution is 5.94. The molecule has 7 nitrogen and oxygen atoms in total. The van der Waals surface area contributed by atoms with Gasteiger partial charge in [-0.2, -0.15) is 5.10 Å². The van der Waals surface area contributed by atoms with Crippen LogP contribution in [-0.4, -0.2) is 34.3 Å². The Morgan fingerprint density at radius 3 is 2.75 bits per heavy atom. The molecule has 0 saturated heterocycles. The van der Waals surface area contributed by atoms with Crippen LogP contribution < -0.4 is 11.1 Å². The van der Waals surface area contributed by atoms with Crippen LogP contribution in [0, 0.1) is 6.92 Å². The number of aromatic nitrogens is 2. The number of carbonyl (C=O) groups is 2. The summed E-state index contributed by atoms with van der Waals surface area (Å²) in [4.78, 5) is 23.5. The predicted octanol–water partition coefficient (Wildman–Crippen LogP) is 2.06. The van der Waals surface area contributed by atoms with Crippen LogP contribution in [-0.2, 0) is 9.53 Å². The zero-order valence-corrected chi connectivity index (χ0v) is 14.6. The number of benzene rings is 1. The number of carbonyl (C=O) groups excluding carboxylic acids is 2. The molecule has 1 amide bonds. The van der Waals surface area contributed by atoms with Crippen molar-refractivity contribution in [2.24, 2.45) is 5.73 Å². The van der Waals surface area contributed by atoms with Crippen molar-refractivity contribution in [3.63, 3.8) is 0 Å². The molecule has 8 heteroatoms. The third-order valence-corrected chi connectivity index (χ3v) is 3.28. The lowest BCUT2D eigenvalue weighted by Gasteiger charge is -2.10. The highest BCUT2D eigenvalue weighted by atomic mass is 35.5. The summed E-state index contributed by atoms with van der Waals surface area (Å²) in [6.07, 6.45) is 1.47. The van der Waals surface area contributed by atoms with Crippen molar-refractivity contribution < 1.29 is 14.3 Å². The first-order valence-electron chi connectivity index (χ1n) is 7.32. The van der Waals surface area contributed by atoms with Crippen LogP contribution in [0.4, 0.5) is 5.69 Å². The molecule has 1 heterocycles. The number of nitrogens with two attached hydrogens (primary N) is 1. The number of amides is 1. The summed E-state index contributed by atoms with van der Waals surface area (Å²) in [5.74, 6) is -0.677. The van der Waals surface area contributed by atoms with E-state index in [1.165, 1.54) is 6.20 Å². The van der Waals surface area contributed by atoms with Crippen molar-refractivity contribution in [3.05, 3.63) is 41.7 Å². The van der Waals surface area contributed by atoms with Crippen LogP contribution in [0.3, 0.4) is 0 Å². The van der Waals surface area contributed by atoms with Gasteiger partial charge in [0.1, 0.15) is 5.56 Å². The number of esters is 1. The number of nitrogens with one attached hydrogen (secondary N) is 1. The SMILES string of the molecule is CCOC(=O)c1cnn(-c2cccc(NC(=O)[C@H](C)N)c2)c1C.Cl. The van der Waals surface area contributed by atoms with Gasteiger partial charge in [-0.05, 0) is 39.0 Å². The summed E-state index contributed by atoms with van der Waals surface area (Å²) >= 11 is 0. The van der Waals surface area contributed by atoms with Crippen LogP contribution in [0.2, 0.25) is 0 Å². The Labute approximate surface area is 146 Å². The molecule has 2 aromatic rings. The van der Waals surface area contributed by atoms with E-state index in [-0.39, 0.29) is 18.3 Å². The van der Waals surface area contributed by atoms with Crippen molar-refractivity contribution in [3.8, 4) is 5.69 Å². The minimum absolute atomic E-state index is 0. The van der Waals surface area contributed by atoms with Gasteiger partial charge in [0.2, 0.25) is 5.91 Å². The maximum atomic E-state index is 11.9. The normalized spacial score (nSPS) is 11.3. The highest BCUT2D eigenvalue weighted by Crippen LogP contribution is 2.18. The van der Waals surface area contributed by atoms with Gasteiger partial charge in [-0.25, -0.2) is 9.48 Å². The van der Waals surface area contributed by atoms with E-state index >= 15 is 0 Å². The van der Waals surface area contributed by atoms with Gasteiger partial charge >= 0.3 is 5.97 Å². The molecule has 2 rings (SSSR count). The Kier molecular flexibility index (Phi) is 6.94. The monoisotopic (exact) mass is 352 g/mol. The van der Waals surface area contributed by atoms with Crippen molar-refractivity contribution in [1.29, 1.82) is 0 Å². The Balaban J connectivity index is 0.00000288. The fourth-order valence-electron chi connectivity index (χ4n) is 2.05. The van der Waals surface area contributed by atoms with E-state index in [2.05, 4.69) is 10.4 Å². The number of nitrogens with zero attached hydrogens (tertiary/aromatic N) is 2. The molecular weight excluding hydrogens is 332 g/mol. The molecule has 0 aliphatic heterocycles. The van der Waals surface area contributed by atoms with Gasteiger partial charge < -0.3 is 15.8 Å². The van der Waals surface area contributed by atoms with Crippen molar-refractivity contribution in [1.82, 2.24) is 9.78 Å². The second kappa shape index (κ2) is 8.47. The van der Waals surface area contributed by atoms with Gasteiger partial charge in [0.15, 0.2) is 0 Å². The third kappa shape index (κ3) is 4.33. The van der Waals surface area contributed by atoms with Gasteiger partial charge in [-0.1, -0.05) is 6.07 Å². The van der Waals surface area contributed by atoms with Gasteiger partial charge in [0.05, 0.1) is 30.2 Å². The Bertz CT molecular complexity index is 728. The van der Waals surface area contributed by atoms with Crippen molar-refractivity contribution >= 4 is 30.0 Å². The standard InChI is InChI=1S/C16H20N4O3.ClH/c1-4-23-16(22)14-9-18-20(11(14)3)13-7-5-6-12(8-13)19-15(21)10(2)17;/h5-10H,4,17H2,1-3H3,(H,19,21);1H/t10-;/m0./s1. The molecule has 3 N–H and O–H groups in total. The number of halogens is 1. The molecule has 130 valence electrons. The van der Waals surface area contributed by atoms with E-state index in [4.69, 9.17) is 10.5 Å². The lowest BCUT2D eigenvalue weighted by molar-refractivity contribution is -0.117. The molecule has 0 aliphatic carbocycles. The van der Waals surface area contributed by atoms with Crippen LogP contribution in [0.5, 0.6) is 0 Å². The minimum Gasteiger partial charge on any atom is -0.462 e. The average molecular weight is 353 g/mol. The predicted molar refractivity (Wildman–Crippen MR) is 93.8 cm³/mol. The van der Waals surface area contributed by atoms with Crippen LogP contribution in [0.1, 0.15) is 29.9 Å². The molecule has 0 spiro atoms. The molecule has 1 atom stereocenters. The van der Waals surface area contributed by atoms with Crippen molar-refractivity contribution in [2.45, 2.75) is 26.8 Å². The van der Waals surface area contributed by atoms with E-state index in [1.54, 1.807) is 43.7 Å². The molecule has 0 aliphatic rings. The van der Waals surface area contributed by atoms with Crippen LogP contribution >= 0.6 is 12.4 Å². The molecular formula is C16H21ClN4O3. The Morgan fingerprint density at radius 2 is 2.12 bits per heavy atom. The van der Waals surface area contributed by atoms with Crippen LogP contribution in [0.15, 0.2) is 30.5 Å². The van der Waals surface area contributed by atoms with Gasteiger partial charge in [0.25, 0.3) is 0 Å². The number of hydrogen-bond acceptors (Lipinski definition) is 5. The molecule has 0 saturated carbocycles. The first kappa shape index (κ1) is 19.7. The van der Waals surface area contributed by atoms with Crippen LogP contribution in [0.25, 0.3) is 5.69 Å². The zero-order valence-electron chi connectivity index (χ0n) is 13.8. The Hall–Kier alpha value is -2.38. The fourth-order valence-corrected chi connectivity index (χ4v) is 2.05. The van der Waals surface area contributed by atoms with E-state index in [0.29, 0.717) is 23.6 Å². The largest absolute Gasteiger partial charge is 0.462 e. The maximum Gasteiger partial charge on any atom is 0.341 e. The fraction of sp³-hybridized carbons (Fsp3) is 0.312. The number of anilines is 1. The van der Waals surface area contributed by atoms with E-state index in [9.17, 15) is 9.59 Å². The van der Waals surface area contributed by atoms with Gasteiger partial charge in [-0.15, -0.1) is 12.4 Å². The zero-order chi connectivity index (χ0) is 17.0. The summed E-state index contributed by atoms with van der Waals surface area (Å²) in [5, 5.41) is 6.95. The molecule has 0 fully saturated rings. The third-order valence-electron chi connectivity index (χ3n) is 3.28. The molecule has 0 unspecified atom stereocenters. The molecule has 1 aromatic heterocycles. The smallest absolute Gasteiger partial charge is 0.341 e. The summed E-state index contributed by atoms with van der Waals surface area (Å²) in [6.45, 7) is 5.46. The summed E-state index contributed by atoms with van der Waals surface area (Å²) in [7, 11) is 0. The molecule has 0 radical (unpaired) electrons. The van der Waals surface area contributed by atoms with Gasteiger partial charge in [0, 0.05) is 5.69 Å². The summed E-state index contributed by atoms with van der Waals surface area (Å²) < 4.78 is 6.62. The minimum atomic E-state index is -0.597.